The summed E-state index contributed by atoms with van der Waals surface area (Å²) in [6, 6.07) is 5.65. The van der Waals surface area contributed by atoms with Crippen molar-refractivity contribution in [2.75, 3.05) is 11.4 Å². The van der Waals surface area contributed by atoms with Gasteiger partial charge in [0.1, 0.15) is 0 Å². The molecular formula is C13H21ClN2O. The van der Waals surface area contributed by atoms with Crippen molar-refractivity contribution in [3.63, 3.8) is 0 Å². The van der Waals surface area contributed by atoms with Crippen LogP contribution in [-0.2, 0) is 4.79 Å². The summed E-state index contributed by atoms with van der Waals surface area (Å²) in [6.07, 6.45) is 0. The minimum atomic E-state index is -0.458. The zero-order valence-corrected chi connectivity index (χ0v) is 11.7. The number of hydrogen-bond acceptors (Lipinski definition) is 2. The Hall–Kier alpha value is -1.06. The summed E-state index contributed by atoms with van der Waals surface area (Å²) >= 11 is 0. The van der Waals surface area contributed by atoms with Gasteiger partial charge in [-0.05, 0) is 51.0 Å². The number of carbonyl (C=O) groups is 1. The summed E-state index contributed by atoms with van der Waals surface area (Å²) in [7, 11) is 0. The molecule has 2 N–H and O–H groups in total. The first-order valence-electron chi connectivity index (χ1n) is 5.61. The van der Waals surface area contributed by atoms with Crippen LogP contribution in [-0.4, -0.2) is 18.5 Å². The Morgan fingerprint density at radius 1 is 1.29 bits per heavy atom. The van der Waals surface area contributed by atoms with E-state index in [2.05, 4.69) is 6.07 Å². The highest BCUT2D eigenvalue weighted by atomic mass is 35.5. The second kappa shape index (κ2) is 6.62. The van der Waals surface area contributed by atoms with Crippen LogP contribution < -0.4 is 10.6 Å². The quantitative estimate of drug-likeness (QED) is 0.903. The summed E-state index contributed by atoms with van der Waals surface area (Å²) in [6.45, 7) is 8.37. The molecule has 0 aliphatic rings. The average molecular weight is 257 g/mol. The molecule has 1 aromatic rings. The second-order valence-electron chi connectivity index (χ2n) is 4.22. The van der Waals surface area contributed by atoms with Crippen molar-refractivity contribution < 1.29 is 4.79 Å². The molecule has 0 bridgehead atoms. The third-order valence-electron chi connectivity index (χ3n) is 2.49. The van der Waals surface area contributed by atoms with Gasteiger partial charge in [0.25, 0.3) is 0 Å². The summed E-state index contributed by atoms with van der Waals surface area (Å²) < 4.78 is 0. The van der Waals surface area contributed by atoms with Crippen molar-refractivity contribution in [1.29, 1.82) is 0 Å². The molecule has 17 heavy (non-hydrogen) atoms. The Balaban J connectivity index is 0.00000256. The standard InChI is InChI=1S/C13H20N2O.ClH/c1-5-15(13(16)11(4)14)12-7-9(2)6-10(3)8-12;/h6-8,11H,5,14H2,1-4H3;1H/t11-;/m0./s1. The van der Waals surface area contributed by atoms with Gasteiger partial charge in [-0.2, -0.15) is 0 Å². The molecule has 0 fully saturated rings. The molecule has 0 aromatic heterocycles. The van der Waals surface area contributed by atoms with Crippen molar-refractivity contribution in [3.05, 3.63) is 29.3 Å². The van der Waals surface area contributed by atoms with Gasteiger partial charge in [0.05, 0.1) is 6.04 Å². The van der Waals surface area contributed by atoms with E-state index in [9.17, 15) is 4.79 Å². The normalized spacial score (nSPS) is 11.6. The van der Waals surface area contributed by atoms with E-state index in [-0.39, 0.29) is 18.3 Å². The molecule has 0 spiro atoms. The maximum Gasteiger partial charge on any atom is 0.243 e. The first-order valence-corrected chi connectivity index (χ1v) is 5.61. The number of aryl methyl sites for hydroxylation is 2. The molecule has 0 aliphatic carbocycles. The number of nitrogens with two attached hydrogens (primary N) is 1. The molecule has 1 rings (SSSR count). The number of amides is 1. The number of carbonyl (C=O) groups excluding carboxylic acids is 1. The van der Waals surface area contributed by atoms with Crippen molar-refractivity contribution >= 4 is 24.0 Å². The van der Waals surface area contributed by atoms with Crippen molar-refractivity contribution in [2.24, 2.45) is 5.73 Å². The maximum atomic E-state index is 11.9. The lowest BCUT2D eigenvalue weighted by molar-refractivity contribution is -0.119. The van der Waals surface area contributed by atoms with Gasteiger partial charge in [-0.15, -0.1) is 12.4 Å². The third kappa shape index (κ3) is 4.02. The highest BCUT2D eigenvalue weighted by Crippen LogP contribution is 2.19. The van der Waals surface area contributed by atoms with Crippen LogP contribution in [0.3, 0.4) is 0 Å². The number of anilines is 1. The van der Waals surface area contributed by atoms with Crippen LogP contribution in [0.5, 0.6) is 0 Å². The SMILES string of the molecule is CCN(C(=O)[C@H](C)N)c1cc(C)cc(C)c1.Cl. The van der Waals surface area contributed by atoms with E-state index in [0.29, 0.717) is 6.54 Å². The summed E-state index contributed by atoms with van der Waals surface area (Å²) in [4.78, 5) is 13.6. The van der Waals surface area contributed by atoms with Gasteiger partial charge < -0.3 is 10.6 Å². The zero-order chi connectivity index (χ0) is 12.3. The molecule has 1 atom stereocenters. The monoisotopic (exact) mass is 256 g/mol. The van der Waals surface area contributed by atoms with E-state index in [0.717, 1.165) is 16.8 Å². The van der Waals surface area contributed by atoms with E-state index < -0.39 is 6.04 Å². The van der Waals surface area contributed by atoms with Gasteiger partial charge in [0.15, 0.2) is 0 Å². The number of halogens is 1. The maximum absolute atomic E-state index is 11.9. The lowest BCUT2D eigenvalue weighted by atomic mass is 10.1. The fourth-order valence-electron chi connectivity index (χ4n) is 1.82. The van der Waals surface area contributed by atoms with E-state index >= 15 is 0 Å². The molecule has 0 saturated heterocycles. The van der Waals surface area contributed by atoms with Crippen molar-refractivity contribution in [2.45, 2.75) is 33.7 Å². The molecule has 0 heterocycles. The summed E-state index contributed by atoms with van der Waals surface area (Å²) in [5.41, 5.74) is 8.88. The number of nitrogens with zero attached hydrogens (tertiary/aromatic N) is 1. The Labute approximate surface area is 109 Å². The molecule has 96 valence electrons. The van der Waals surface area contributed by atoms with Crippen LogP contribution in [0.25, 0.3) is 0 Å². The van der Waals surface area contributed by atoms with Crippen LogP contribution in [0.4, 0.5) is 5.69 Å². The zero-order valence-electron chi connectivity index (χ0n) is 10.9. The molecule has 0 aliphatic heterocycles. The fraction of sp³-hybridized carbons (Fsp3) is 0.462. The van der Waals surface area contributed by atoms with Crippen LogP contribution in [0, 0.1) is 13.8 Å². The van der Waals surface area contributed by atoms with Crippen molar-refractivity contribution in [1.82, 2.24) is 0 Å². The first kappa shape index (κ1) is 15.9. The molecule has 0 saturated carbocycles. The Kier molecular flexibility index (Phi) is 6.21. The molecular weight excluding hydrogens is 236 g/mol. The Bertz CT molecular complexity index is 371. The van der Waals surface area contributed by atoms with Crippen molar-refractivity contribution in [3.8, 4) is 0 Å². The third-order valence-corrected chi connectivity index (χ3v) is 2.49. The lowest BCUT2D eigenvalue weighted by Crippen LogP contribution is -2.42. The highest BCUT2D eigenvalue weighted by molar-refractivity contribution is 5.96. The first-order chi connectivity index (χ1) is 7.45. The minimum absolute atomic E-state index is 0. The smallest absolute Gasteiger partial charge is 0.243 e. The molecule has 0 radical (unpaired) electrons. The molecule has 1 amide bonds. The van der Waals surface area contributed by atoms with Gasteiger partial charge in [-0.25, -0.2) is 0 Å². The van der Waals surface area contributed by atoms with Crippen LogP contribution in [0.2, 0.25) is 0 Å². The van der Waals surface area contributed by atoms with E-state index in [1.54, 1.807) is 11.8 Å². The number of likely N-dealkylation sites (N-methyl/N-ethyl adjacent to an activating group) is 1. The van der Waals surface area contributed by atoms with Gasteiger partial charge in [0.2, 0.25) is 5.91 Å². The second-order valence-corrected chi connectivity index (χ2v) is 4.22. The van der Waals surface area contributed by atoms with Gasteiger partial charge in [-0.1, -0.05) is 6.07 Å². The number of rotatable bonds is 3. The Morgan fingerprint density at radius 2 is 1.76 bits per heavy atom. The van der Waals surface area contributed by atoms with E-state index in [1.165, 1.54) is 0 Å². The van der Waals surface area contributed by atoms with E-state index in [4.69, 9.17) is 5.73 Å². The molecule has 3 nitrogen and oxygen atoms in total. The summed E-state index contributed by atoms with van der Waals surface area (Å²) in [5, 5.41) is 0. The molecule has 1 aromatic carbocycles. The van der Waals surface area contributed by atoms with Crippen LogP contribution in [0.15, 0.2) is 18.2 Å². The van der Waals surface area contributed by atoms with E-state index in [1.807, 2.05) is 32.9 Å². The van der Waals surface area contributed by atoms with Crippen LogP contribution >= 0.6 is 12.4 Å². The molecule has 0 unspecified atom stereocenters. The van der Waals surface area contributed by atoms with Gasteiger partial charge in [-0.3, -0.25) is 4.79 Å². The van der Waals surface area contributed by atoms with Crippen LogP contribution in [0.1, 0.15) is 25.0 Å². The fourth-order valence-corrected chi connectivity index (χ4v) is 1.82. The largest absolute Gasteiger partial charge is 0.320 e. The average Bonchev–Trinajstić information content (AvgIpc) is 2.16. The topological polar surface area (TPSA) is 46.3 Å². The predicted molar refractivity (Wildman–Crippen MR) is 74.8 cm³/mol. The Morgan fingerprint density at radius 3 is 2.12 bits per heavy atom. The number of hydrogen-bond donors (Lipinski definition) is 1. The molecule has 4 heteroatoms. The van der Waals surface area contributed by atoms with Gasteiger partial charge >= 0.3 is 0 Å². The highest BCUT2D eigenvalue weighted by Gasteiger charge is 2.17. The lowest BCUT2D eigenvalue weighted by Gasteiger charge is -2.23. The van der Waals surface area contributed by atoms with Gasteiger partial charge in [0, 0.05) is 12.2 Å². The predicted octanol–water partition coefficient (Wildman–Crippen LogP) is 2.43. The minimum Gasteiger partial charge on any atom is -0.320 e. The number of benzene rings is 1. The summed E-state index contributed by atoms with van der Waals surface area (Å²) in [5.74, 6) is -0.0347.